The molecule has 0 radical (unpaired) electrons. The number of nitrogens with one attached hydrogen (secondary N) is 1. The number of hydrogen-bond acceptors (Lipinski definition) is 1. The van der Waals surface area contributed by atoms with E-state index in [1.165, 1.54) is 16.7 Å². The Balaban J connectivity index is 2.07. The fourth-order valence-electron chi connectivity index (χ4n) is 1.84. The van der Waals surface area contributed by atoms with Gasteiger partial charge in [0.05, 0.1) is 0 Å². The molecular formula is C15H16ClN. The van der Waals surface area contributed by atoms with E-state index in [0.29, 0.717) is 0 Å². The molecule has 2 aromatic carbocycles. The predicted molar refractivity (Wildman–Crippen MR) is 74.7 cm³/mol. The quantitative estimate of drug-likeness (QED) is 0.835. The van der Waals surface area contributed by atoms with E-state index in [9.17, 15) is 0 Å². The van der Waals surface area contributed by atoms with Gasteiger partial charge in [0.1, 0.15) is 0 Å². The number of halogens is 1. The summed E-state index contributed by atoms with van der Waals surface area (Å²) in [5.74, 6) is 0. The third kappa shape index (κ3) is 3.24. The van der Waals surface area contributed by atoms with E-state index in [1.807, 2.05) is 24.3 Å². The lowest BCUT2D eigenvalue weighted by Gasteiger charge is -2.10. The van der Waals surface area contributed by atoms with Gasteiger partial charge in [0, 0.05) is 17.3 Å². The van der Waals surface area contributed by atoms with Gasteiger partial charge in [-0.15, -0.1) is 0 Å². The molecule has 0 atom stereocenters. The zero-order valence-electron chi connectivity index (χ0n) is 10.1. The summed E-state index contributed by atoms with van der Waals surface area (Å²) >= 11 is 5.94. The topological polar surface area (TPSA) is 12.0 Å². The molecule has 0 aliphatic carbocycles. The van der Waals surface area contributed by atoms with E-state index < -0.39 is 0 Å². The van der Waals surface area contributed by atoms with Crippen molar-refractivity contribution in [2.75, 3.05) is 5.32 Å². The molecule has 0 unspecified atom stereocenters. The zero-order valence-corrected chi connectivity index (χ0v) is 10.9. The van der Waals surface area contributed by atoms with Crippen LogP contribution in [0.15, 0.2) is 42.5 Å². The van der Waals surface area contributed by atoms with Crippen molar-refractivity contribution in [2.45, 2.75) is 20.4 Å². The van der Waals surface area contributed by atoms with Crippen LogP contribution in [0.1, 0.15) is 16.7 Å². The minimum atomic E-state index is 0.760. The van der Waals surface area contributed by atoms with Crippen molar-refractivity contribution in [3.05, 3.63) is 64.2 Å². The maximum Gasteiger partial charge on any atom is 0.0426 e. The van der Waals surface area contributed by atoms with E-state index in [1.54, 1.807) is 0 Å². The van der Waals surface area contributed by atoms with Crippen LogP contribution in [-0.2, 0) is 6.54 Å². The van der Waals surface area contributed by atoms with Gasteiger partial charge >= 0.3 is 0 Å². The van der Waals surface area contributed by atoms with Gasteiger partial charge in [0.15, 0.2) is 0 Å². The zero-order chi connectivity index (χ0) is 12.3. The van der Waals surface area contributed by atoms with Crippen LogP contribution in [0.2, 0.25) is 5.02 Å². The summed E-state index contributed by atoms with van der Waals surface area (Å²) < 4.78 is 0. The highest BCUT2D eigenvalue weighted by atomic mass is 35.5. The van der Waals surface area contributed by atoms with Gasteiger partial charge in [-0.3, -0.25) is 0 Å². The maximum atomic E-state index is 5.94. The summed E-state index contributed by atoms with van der Waals surface area (Å²) in [6, 6.07) is 14.3. The largest absolute Gasteiger partial charge is 0.381 e. The maximum absolute atomic E-state index is 5.94. The number of benzene rings is 2. The Morgan fingerprint density at radius 2 is 1.88 bits per heavy atom. The molecule has 0 aliphatic rings. The molecule has 88 valence electrons. The minimum Gasteiger partial charge on any atom is -0.381 e. The smallest absolute Gasteiger partial charge is 0.0426 e. The van der Waals surface area contributed by atoms with E-state index in [-0.39, 0.29) is 0 Å². The van der Waals surface area contributed by atoms with Crippen molar-refractivity contribution < 1.29 is 0 Å². The first-order chi connectivity index (χ1) is 8.15. The molecule has 1 N–H and O–H groups in total. The highest BCUT2D eigenvalue weighted by Crippen LogP contribution is 2.17. The molecule has 1 nitrogen and oxygen atoms in total. The summed E-state index contributed by atoms with van der Waals surface area (Å²) in [6.45, 7) is 5.08. The summed E-state index contributed by atoms with van der Waals surface area (Å²) in [7, 11) is 0. The van der Waals surface area contributed by atoms with Crippen LogP contribution in [-0.4, -0.2) is 0 Å². The Bertz CT molecular complexity index is 520. The summed E-state index contributed by atoms with van der Waals surface area (Å²) in [6.07, 6.45) is 0. The van der Waals surface area contributed by atoms with Crippen molar-refractivity contribution in [3.8, 4) is 0 Å². The summed E-state index contributed by atoms with van der Waals surface area (Å²) in [4.78, 5) is 0. The second-order valence-corrected chi connectivity index (χ2v) is 4.73. The minimum absolute atomic E-state index is 0.760. The molecule has 0 amide bonds. The van der Waals surface area contributed by atoms with E-state index in [4.69, 9.17) is 11.6 Å². The molecular weight excluding hydrogens is 230 g/mol. The van der Waals surface area contributed by atoms with Gasteiger partial charge < -0.3 is 5.32 Å². The van der Waals surface area contributed by atoms with Crippen LogP contribution in [0, 0.1) is 13.8 Å². The Morgan fingerprint density at radius 3 is 2.59 bits per heavy atom. The molecule has 17 heavy (non-hydrogen) atoms. The molecule has 2 rings (SSSR count). The SMILES string of the molecule is Cc1ccc(CNc2cccc(Cl)c2)c(C)c1. The van der Waals surface area contributed by atoms with Crippen molar-refractivity contribution in [1.29, 1.82) is 0 Å². The molecule has 0 bridgehead atoms. The van der Waals surface area contributed by atoms with E-state index >= 15 is 0 Å². The predicted octanol–water partition coefficient (Wildman–Crippen LogP) is 4.57. The van der Waals surface area contributed by atoms with Gasteiger partial charge in [-0.05, 0) is 43.2 Å². The first-order valence-electron chi connectivity index (χ1n) is 5.71. The Morgan fingerprint density at radius 1 is 1.06 bits per heavy atom. The average molecular weight is 246 g/mol. The van der Waals surface area contributed by atoms with Gasteiger partial charge in [0.2, 0.25) is 0 Å². The van der Waals surface area contributed by atoms with Crippen LogP contribution in [0.4, 0.5) is 5.69 Å². The Hall–Kier alpha value is -1.47. The van der Waals surface area contributed by atoms with Gasteiger partial charge in [-0.2, -0.15) is 0 Å². The third-order valence-electron chi connectivity index (χ3n) is 2.81. The fourth-order valence-corrected chi connectivity index (χ4v) is 2.03. The van der Waals surface area contributed by atoms with Crippen LogP contribution < -0.4 is 5.32 Å². The monoisotopic (exact) mass is 245 g/mol. The lowest BCUT2D eigenvalue weighted by Crippen LogP contribution is -2.01. The first kappa shape index (κ1) is 12.0. The average Bonchev–Trinajstić information content (AvgIpc) is 2.28. The highest BCUT2D eigenvalue weighted by Gasteiger charge is 1.99. The van der Waals surface area contributed by atoms with Gasteiger partial charge in [-0.25, -0.2) is 0 Å². The van der Waals surface area contributed by atoms with Crippen LogP contribution in [0.25, 0.3) is 0 Å². The number of anilines is 1. The summed E-state index contributed by atoms with van der Waals surface area (Å²) in [5.41, 5.74) is 4.99. The molecule has 0 saturated carbocycles. The van der Waals surface area contributed by atoms with Crippen molar-refractivity contribution >= 4 is 17.3 Å². The van der Waals surface area contributed by atoms with Crippen molar-refractivity contribution in [2.24, 2.45) is 0 Å². The molecule has 2 aromatic rings. The lowest BCUT2D eigenvalue weighted by molar-refractivity contribution is 1.11. The Kier molecular flexibility index (Phi) is 3.70. The normalized spacial score (nSPS) is 10.3. The molecule has 0 saturated heterocycles. The van der Waals surface area contributed by atoms with E-state index in [2.05, 4.69) is 37.4 Å². The molecule has 0 spiro atoms. The number of rotatable bonds is 3. The first-order valence-corrected chi connectivity index (χ1v) is 6.08. The second kappa shape index (κ2) is 5.24. The molecule has 0 fully saturated rings. The van der Waals surface area contributed by atoms with Crippen LogP contribution >= 0.6 is 11.6 Å². The van der Waals surface area contributed by atoms with Crippen molar-refractivity contribution in [1.82, 2.24) is 0 Å². The molecule has 0 aliphatic heterocycles. The van der Waals surface area contributed by atoms with Gasteiger partial charge in [-0.1, -0.05) is 41.4 Å². The number of hydrogen-bond donors (Lipinski definition) is 1. The Labute approximate surface area is 107 Å². The van der Waals surface area contributed by atoms with Crippen LogP contribution in [0.5, 0.6) is 0 Å². The van der Waals surface area contributed by atoms with E-state index in [0.717, 1.165) is 17.3 Å². The summed E-state index contributed by atoms with van der Waals surface area (Å²) in [5, 5.41) is 4.14. The second-order valence-electron chi connectivity index (χ2n) is 4.29. The lowest BCUT2D eigenvalue weighted by atomic mass is 10.1. The third-order valence-corrected chi connectivity index (χ3v) is 3.04. The molecule has 0 aromatic heterocycles. The highest BCUT2D eigenvalue weighted by molar-refractivity contribution is 6.30. The number of aryl methyl sites for hydroxylation is 2. The standard InChI is InChI=1S/C15H16ClN/c1-11-6-7-13(12(2)8-11)10-17-15-5-3-4-14(16)9-15/h3-9,17H,10H2,1-2H3. The molecule has 0 heterocycles. The van der Waals surface area contributed by atoms with Gasteiger partial charge in [0.25, 0.3) is 0 Å². The van der Waals surface area contributed by atoms with Crippen molar-refractivity contribution in [3.63, 3.8) is 0 Å². The van der Waals surface area contributed by atoms with Crippen LogP contribution in [0.3, 0.4) is 0 Å². The fraction of sp³-hybridized carbons (Fsp3) is 0.200. The molecule has 2 heteroatoms.